The van der Waals surface area contributed by atoms with Crippen LogP contribution in [0.5, 0.6) is 23.0 Å². The molecule has 0 unspecified atom stereocenters. The van der Waals surface area contributed by atoms with Gasteiger partial charge < -0.3 is 19.5 Å². The van der Waals surface area contributed by atoms with E-state index in [1.54, 1.807) is 5.01 Å². The Balaban J connectivity index is 1.19. The molecule has 6 rings (SSSR count). The quantitative estimate of drug-likeness (QED) is 0.362. The van der Waals surface area contributed by atoms with E-state index in [-0.39, 0.29) is 12.8 Å². The van der Waals surface area contributed by atoms with Crippen LogP contribution in [0.25, 0.3) is 11.3 Å². The molecular formula is C29H23N3O4. The second-order valence-corrected chi connectivity index (χ2v) is 8.36. The van der Waals surface area contributed by atoms with Gasteiger partial charge in [-0.25, -0.2) is 9.80 Å². The number of hydrazine groups is 1. The van der Waals surface area contributed by atoms with Crippen LogP contribution >= 0.6 is 0 Å². The fourth-order valence-corrected chi connectivity index (χ4v) is 4.19. The summed E-state index contributed by atoms with van der Waals surface area (Å²) in [6.45, 7) is 0.593. The number of hydrogen-bond acceptors (Lipinski definition) is 5. The standard InChI is InChI=1S/C29H23N3O4/c33-29(30-22-12-14-24(15-13-22)36-23-9-5-2-6-10-23)32-18-25(28(31-32)20-7-3-1-4-8-20)21-11-16-26-27(17-21)35-19-34-26/h1-17,31H,18-19H2,(H,30,33). The molecule has 0 spiro atoms. The van der Waals surface area contributed by atoms with E-state index in [0.29, 0.717) is 23.7 Å². The summed E-state index contributed by atoms with van der Waals surface area (Å²) in [5.41, 5.74) is 7.77. The van der Waals surface area contributed by atoms with Crippen molar-refractivity contribution in [2.75, 3.05) is 18.7 Å². The van der Waals surface area contributed by atoms with Crippen LogP contribution in [0.3, 0.4) is 0 Å². The zero-order chi connectivity index (χ0) is 24.3. The number of carbonyl (C=O) groups excluding carboxylic acids is 1. The lowest BCUT2D eigenvalue weighted by molar-refractivity contribution is 0.174. The van der Waals surface area contributed by atoms with Gasteiger partial charge in [0.15, 0.2) is 11.5 Å². The van der Waals surface area contributed by atoms with Crippen molar-refractivity contribution < 1.29 is 19.0 Å². The third-order valence-corrected chi connectivity index (χ3v) is 5.98. The molecule has 2 amide bonds. The summed E-state index contributed by atoms with van der Waals surface area (Å²) < 4.78 is 16.9. The minimum atomic E-state index is -0.268. The molecule has 2 aliphatic rings. The molecule has 2 aliphatic heterocycles. The molecule has 0 fully saturated rings. The maximum atomic E-state index is 13.2. The lowest BCUT2D eigenvalue weighted by atomic mass is 10.0. The number of hydrogen-bond donors (Lipinski definition) is 2. The zero-order valence-corrected chi connectivity index (χ0v) is 19.3. The molecule has 4 aromatic rings. The Morgan fingerprint density at radius 1 is 0.778 bits per heavy atom. The maximum absolute atomic E-state index is 13.2. The molecule has 4 aromatic carbocycles. The molecule has 0 aliphatic carbocycles. The summed E-state index contributed by atoms with van der Waals surface area (Å²) in [7, 11) is 0. The fraction of sp³-hybridized carbons (Fsp3) is 0.0690. The Labute approximate surface area is 208 Å². The van der Waals surface area contributed by atoms with E-state index in [9.17, 15) is 4.79 Å². The summed E-state index contributed by atoms with van der Waals surface area (Å²) >= 11 is 0. The Morgan fingerprint density at radius 2 is 1.47 bits per heavy atom. The van der Waals surface area contributed by atoms with Crippen LogP contribution in [-0.4, -0.2) is 24.4 Å². The summed E-state index contributed by atoms with van der Waals surface area (Å²) in [6, 6.07) is 32.4. The zero-order valence-electron chi connectivity index (χ0n) is 19.3. The number of ether oxygens (including phenoxy) is 3. The molecule has 0 radical (unpaired) electrons. The number of nitrogens with zero attached hydrogens (tertiary/aromatic N) is 1. The third-order valence-electron chi connectivity index (χ3n) is 5.98. The molecule has 2 heterocycles. The molecule has 0 atom stereocenters. The van der Waals surface area contributed by atoms with E-state index >= 15 is 0 Å². The molecule has 7 nitrogen and oxygen atoms in total. The van der Waals surface area contributed by atoms with Crippen LogP contribution in [0.2, 0.25) is 0 Å². The van der Waals surface area contributed by atoms with Crippen LogP contribution in [0.15, 0.2) is 103 Å². The van der Waals surface area contributed by atoms with Gasteiger partial charge in [-0.1, -0.05) is 54.6 Å². The summed E-state index contributed by atoms with van der Waals surface area (Å²) in [4.78, 5) is 13.2. The normalized spacial score (nSPS) is 13.9. The maximum Gasteiger partial charge on any atom is 0.340 e. The van der Waals surface area contributed by atoms with Crippen LogP contribution in [-0.2, 0) is 0 Å². The number of fused-ring (bicyclic) bond motifs is 1. The minimum Gasteiger partial charge on any atom is -0.457 e. The van der Waals surface area contributed by atoms with Crippen molar-refractivity contribution in [3.05, 3.63) is 114 Å². The van der Waals surface area contributed by atoms with Gasteiger partial charge in [0.1, 0.15) is 11.5 Å². The first kappa shape index (κ1) is 21.6. The molecule has 0 bridgehead atoms. The van der Waals surface area contributed by atoms with Gasteiger partial charge in [-0.2, -0.15) is 0 Å². The Bertz CT molecular complexity index is 1420. The van der Waals surface area contributed by atoms with Crippen molar-refractivity contribution in [1.29, 1.82) is 0 Å². The smallest absolute Gasteiger partial charge is 0.340 e. The van der Waals surface area contributed by atoms with Crippen molar-refractivity contribution in [2.24, 2.45) is 0 Å². The summed E-state index contributed by atoms with van der Waals surface area (Å²) in [6.07, 6.45) is 0. The molecule has 36 heavy (non-hydrogen) atoms. The van der Waals surface area contributed by atoms with Crippen LogP contribution < -0.4 is 25.0 Å². The van der Waals surface area contributed by atoms with E-state index in [2.05, 4.69) is 10.7 Å². The molecule has 0 saturated heterocycles. The number of urea groups is 1. The SMILES string of the molecule is O=C(Nc1ccc(Oc2ccccc2)cc1)N1CC(c2ccc3c(c2)OCO3)=C(c2ccccc2)N1. The largest absolute Gasteiger partial charge is 0.457 e. The Morgan fingerprint density at radius 3 is 2.25 bits per heavy atom. The van der Waals surface area contributed by atoms with Crippen LogP contribution in [0.1, 0.15) is 11.1 Å². The molecule has 7 heteroatoms. The van der Waals surface area contributed by atoms with E-state index in [4.69, 9.17) is 14.2 Å². The highest BCUT2D eigenvalue weighted by molar-refractivity contribution is 5.98. The highest BCUT2D eigenvalue weighted by Gasteiger charge is 2.28. The number of benzene rings is 4. The van der Waals surface area contributed by atoms with Crippen molar-refractivity contribution in [3.8, 4) is 23.0 Å². The van der Waals surface area contributed by atoms with Gasteiger partial charge in [0, 0.05) is 11.3 Å². The lowest BCUT2D eigenvalue weighted by Gasteiger charge is -2.19. The fourth-order valence-electron chi connectivity index (χ4n) is 4.19. The minimum absolute atomic E-state index is 0.214. The van der Waals surface area contributed by atoms with E-state index in [0.717, 1.165) is 33.9 Å². The van der Waals surface area contributed by atoms with Crippen LogP contribution in [0.4, 0.5) is 10.5 Å². The molecule has 0 saturated carbocycles. The Kier molecular flexibility index (Phi) is 5.63. The van der Waals surface area contributed by atoms with Crippen molar-refractivity contribution in [2.45, 2.75) is 0 Å². The van der Waals surface area contributed by atoms with Gasteiger partial charge in [0.2, 0.25) is 6.79 Å². The van der Waals surface area contributed by atoms with E-state index in [1.165, 1.54) is 0 Å². The molecular weight excluding hydrogens is 454 g/mol. The predicted octanol–water partition coefficient (Wildman–Crippen LogP) is 6.13. The second-order valence-electron chi connectivity index (χ2n) is 8.36. The highest BCUT2D eigenvalue weighted by atomic mass is 16.7. The van der Waals surface area contributed by atoms with Gasteiger partial charge >= 0.3 is 6.03 Å². The third kappa shape index (κ3) is 4.42. The topological polar surface area (TPSA) is 72.1 Å². The number of amides is 2. The average Bonchev–Trinajstić information content (AvgIpc) is 3.58. The van der Waals surface area contributed by atoms with Gasteiger partial charge in [0.25, 0.3) is 0 Å². The first-order valence-corrected chi connectivity index (χ1v) is 11.6. The van der Waals surface area contributed by atoms with Gasteiger partial charge in [-0.15, -0.1) is 0 Å². The number of para-hydroxylation sites is 1. The highest BCUT2D eigenvalue weighted by Crippen LogP contribution is 2.38. The van der Waals surface area contributed by atoms with Crippen molar-refractivity contribution >= 4 is 23.0 Å². The number of carbonyl (C=O) groups is 1. The van der Waals surface area contributed by atoms with Gasteiger partial charge in [0.05, 0.1) is 12.2 Å². The van der Waals surface area contributed by atoms with Crippen LogP contribution in [0, 0.1) is 0 Å². The summed E-state index contributed by atoms with van der Waals surface area (Å²) in [5, 5.41) is 4.52. The molecule has 2 N–H and O–H groups in total. The predicted molar refractivity (Wildman–Crippen MR) is 138 cm³/mol. The monoisotopic (exact) mass is 477 g/mol. The lowest BCUT2D eigenvalue weighted by Crippen LogP contribution is -2.40. The number of rotatable bonds is 5. The van der Waals surface area contributed by atoms with E-state index in [1.807, 2.05) is 103 Å². The average molecular weight is 478 g/mol. The van der Waals surface area contributed by atoms with Gasteiger partial charge in [-0.3, -0.25) is 5.43 Å². The van der Waals surface area contributed by atoms with E-state index < -0.39 is 0 Å². The second kappa shape index (κ2) is 9.38. The van der Waals surface area contributed by atoms with Crippen molar-refractivity contribution in [1.82, 2.24) is 10.4 Å². The first-order valence-electron chi connectivity index (χ1n) is 11.6. The van der Waals surface area contributed by atoms with Crippen molar-refractivity contribution in [3.63, 3.8) is 0 Å². The Hall–Kier alpha value is -4.91. The first-order chi connectivity index (χ1) is 17.7. The number of anilines is 1. The summed E-state index contributed by atoms with van der Waals surface area (Å²) in [5.74, 6) is 2.87. The number of nitrogens with one attached hydrogen (secondary N) is 2. The molecule has 178 valence electrons. The molecule has 0 aromatic heterocycles. The van der Waals surface area contributed by atoms with Gasteiger partial charge in [-0.05, 0) is 59.7 Å².